The number of hydrogen-bond acceptors (Lipinski definition) is 5. The molecule has 0 radical (unpaired) electrons. The van der Waals surface area contributed by atoms with E-state index in [2.05, 4.69) is 15.3 Å². The molecule has 9 heteroatoms. The molecule has 2 saturated carbocycles. The summed E-state index contributed by atoms with van der Waals surface area (Å²) in [6.07, 6.45) is 3.72. The quantitative estimate of drug-likeness (QED) is 0.755. The lowest BCUT2D eigenvalue weighted by atomic mass is 10.1. The van der Waals surface area contributed by atoms with Crippen molar-refractivity contribution in [1.29, 1.82) is 5.26 Å². The molecule has 1 aromatic carbocycles. The van der Waals surface area contributed by atoms with Crippen molar-refractivity contribution in [3.05, 3.63) is 53.1 Å². The monoisotopic (exact) mass is 411 g/mol. The Hall–Kier alpha value is -3.41. The molecule has 0 aliphatic heterocycles. The van der Waals surface area contributed by atoms with E-state index in [9.17, 15) is 18.4 Å². The highest BCUT2D eigenvalue weighted by Crippen LogP contribution is 2.41. The zero-order chi connectivity index (χ0) is 21.3. The predicted octanol–water partition coefficient (Wildman–Crippen LogP) is 2.80. The van der Waals surface area contributed by atoms with Gasteiger partial charge in [0.05, 0.1) is 18.0 Å². The number of alkyl halides is 1. The number of rotatable bonds is 7. The number of carbonyl (C=O) groups is 2. The van der Waals surface area contributed by atoms with Crippen LogP contribution in [-0.4, -0.2) is 45.9 Å². The third-order valence-electron chi connectivity index (χ3n) is 5.21. The van der Waals surface area contributed by atoms with Crippen molar-refractivity contribution in [2.45, 2.75) is 31.4 Å². The first-order valence-electron chi connectivity index (χ1n) is 9.69. The largest absolute Gasteiger partial charge is 0.329 e. The minimum Gasteiger partial charge on any atom is -0.329 e. The highest BCUT2D eigenvalue weighted by molar-refractivity contribution is 5.99. The Bertz CT molecular complexity index is 1020. The molecule has 1 N–H and O–H groups in total. The number of carbonyl (C=O) groups excluding carboxylic acids is 2. The summed E-state index contributed by atoms with van der Waals surface area (Å²) in [4.78, 5) is 34.2. The molecule has 2 amide bonds. The van der Waals surface area contributed by atoms with Crippen LogP contribution in [0.25, 0.3) is 0 Å². The molecular formula is C21H19F2N5O2. The van der Waals surface area contributed by atoms with Gasteiger partial charge in [-0.3, -0.25) is 14.9 Å². The first-order chi connectivity index (χ1) is 14.4. The summed E-state index contributed by atoms with van der Waals surface area (Å²) in [5, 5.41) is 11.2. The van der Waals surface area contributed by atoms with E-state index in [1.165, 1.54) is 23.4 Å². The van der Waals surface area contributed by atoms with Gasteiger partial charge in [-0.1, -0.05) is 6.07 Å². The maximum atomic E-state index is 14.4. The van der Waals surface area contributed by atoms with Gasteiger partial charge in [0.15, 0.2) is 0 Å². The van der Waals surface area contributed by atoms with E-state index in [0.717, 1.165) is 12.8 Å². The molecule has 0 saturated heterocycles. The minimum atomic E-state index is -1.00. The molecule has 2 atom stereocenters. The van der Waals surface area contributed by atoms with E-state index in [1.807, 2.05) is 6.07 Å². The van der Waals surface area contributed by atoms with Gasteiger partial charge in [-0.15, -0.1) is 0 Å². The summed E-state index contributed by atoms with van der Waals surface area (Å²) in [6, 6.07) is 6.21. The van der Waals surface area contributed by atoms with Crippen LogP contribution >= 0.6 is 0 Å². The smallest absolute Gasteiger partial charge is 0.254 e. The van der Waals surface area contributed by atoms with Gasteiger partial charge in [0.25, 0.3) is 5.91 Å². The van der Waals surface area contributed by atoms with Gasteiger partial charge in [0, 0.05) is 18.0 Å². The van der Waals surface area contributed by atoms with Crippen LogP contribution in [0.15, 0.2) is 30.6 Å². The Morgan fingerprint density at radius 3 is 2.53 bits per heavy atom. The van der Waals surface area contributed by atoms with Gasteiger partial charge in [-0.25, -0.2) is 18.7 Å². The van der Waals surface area contributed by atoms with E-state index in [0.29, 0.717) is 12.0 Å². The second-order valence-electron chi connectivity index (χ2n) is 7.66. The SMILES string of the molecule is N#Cc1cnc(NC(=O)CN(CC2CC2F)C(=O)c2ccc(C3CC3)c(F)c2)nc1. The van der Waals surface area contributed by atoms with Crippen molar-refractivity contribution >= 4 is 17.8 Å². The molecule has 1 heterocycles. The van der Waals surface area contributed by atoms with Crippen LogP contribution in [0.4, 0.5) is 14.7 Å². The fourth-order valence-electron chi connectivity index (χ4n) is 3.26. The highest BCUT2D eigenvalue weighted by atomic mass is 19.1. The third-order valence-corrected chi connectivity index (χ3v) is 5.21. The summed E-state index contributed by atoms with van der Waals surface area (Å²) in [6.45, 7) is -0.287. The van der Waals surface area contributed by atoms with Crippen LogP contribution in [-0.2, 0) is 4.79 Å². The molecule has 2 aliphatic rings. The highest BCUT2D eigenvalue weighted by Gasteiger charge is 2.40. The summed E-state index contributed by atoms with van der Waals surface area (Å²) in [7, 11) is 0. The molecule has 2 fully saturated rings. The van der Waals surface area contributed by atoms with Crippen molar-refractivity contribution in [3.63, 3.8) is 0 Å². The number of aromatic nitrogens is 2. The fourth-order valence-corrected chi connectivity index (χ4v) is 3.26. The second-order valence-corrected chi connectivity index (χ2v) is 7.66. The number of nitrogens with zero attached hydrogens (tertiary/aromatic N) is 4. The van der Waals surface area contributed by atoms with E-state index >= 15 is 0 Å². The van der Waals surface area contributed by atoms with Crippen LogP contribution in [0.2, 0.25) is 0 Å². The second kappa shape index (κ2) is 8.14. The topological polar surface area (TPSA) is 99.0 Å². The van der Waals surface area contributed by atoms with Crippen LogP contribution < -0.4 is 5.32 Å². The average Bonchev–Trinajstić information content (AvgIpc) is 3.66. The number of nitriles is 1. The molecule has 30 heavy (non-hydrogen) atoms. The first-order valence-corrected chi connectivity index (χ1v) is 9.69. The standard InChI is InChI=1S/C21H19F2N5O2/c22-17-6-15(17)10-28(11-19(29)27-21-25-8-12(7-24)9-26-21)20(30)14-3-4-16(13-1-2-13)18(23)5-14/h3-5,8-9,13,15,17H,1-2,6,10-11H2,(H,25,26,27,29). The van der Waals surface area contributed by atoms with Crippen LogP contribution in [0.1, 0.15) is 46.7 Å². The fraction of sp³-hybridized carbons (Fsp3) is 0.381. The Morgan fingerprint density at radius 1 is 1.27 bits per heavy atom. The number of benzene rings is 1. The number of anilines is 1. The Balaban J connectivity index is 1.46. The van der Waals surface area contributed by atoms with Crippen molar-refractivity contribution in [3.8, 4) is 6.07 Å². The molecule has 2 aromatic rings. The molecule has 1 aromatic heterocycles. The Morgan fingerprint density at radius 2 is 1.97 bits per heavy atom. The lowest BCUT2D eigenvalue weighted by Crippen LogP contribution is -2.39. The zero-order valence-corrected chi connectivity index (χ0v) is 16.0. The van der Waals surface area contributed by atoms with Gasteiger partial charge < -0.3 is 4.90 Å². The van der Waals surface area contributed by atoms with Crippen molar-refractivity contribution in [2.24, 2.45) is 5.92 Å². The Kier molecular flexibility index (Phi) is 5.40. The van der Waals surface area contributed by atoms with Gasteiger partial charge in [0.1, 0.15) is 24.6 Å². The lowest BCUT2D eigenvalue weighted by molar-refractivity contribution is -0.117. The molecule has 0 spiro atoms. The molecule has 2 aliphatic carbocycles. The summed E-state index contributed by atoms with van der Waals surface area (Å²) in [5.41, 5.74) is 0.958. The summed E-state index contributed by atoms with van der Waals surface area (Å²) in [5.74, 6) is -1.68. The number of hydrogen-bond donors (Lipinski definition) is 1. The van der Waals surface area contributed by atoms with Gasteiger partial charge in [-0.05, 0) is 42.9 Å². The molecule has 4 rings (SSSR count). The maximum Gasteiger partial charge on any atom is 0.254 e. The lowest BCUT2D eigenvalue weighted by Gasteiger charge is -2.22. The molecule has 2 unspecified atom stereocenters. The van der Waals surface area contributed by atoms with E-state index in [1.54, 1.807) is 12.1 Å². The van der Waals surface area contributed by atoms with Crippen LogP contribution in [0.3, 0.4) is 0 Å². The number of amides is 2. The van der Waals surface area contributed by atoms with Gasteiger partial charge in [0.2, 0.25) is 11.9 Å². The van der Waals surface area contributed by atoms with Gasteiger partial charge >= 0.3 is 0 Å². The molecule has 0 bridgehead atoms. The van der Waals surface area contributed by atoms with Crippen molar-refractivity contribution in [2.75, 3.05) is 18.4 Å². The predicted molar refractivity (Wildman–Crippen MR) is 103 cm³/mol. The maximum absolute atomic E-state index is 14.4. The van der Waals surface area contributed by atoms with Crippen LogP contribution in [0, 0.1) is 23.1 Å². The minimum absolute atomic E-state index is 0.0129. The van der Waals surface area contributed by atoms with Crippen LogP contribution in [0.5, 0.6) is 0 Å². The van der Waals surface area contributed by atoms with Gasteiger partial charge in [-0.2, -0.15) is 5.26 Å². The van der Waals surface area contributed by atoms with Crippen molar-refractivity contribution < 1.29 is 18.4 Å². The molecule has 154 valence electrons. The van der Waals surface area contributed by atoms with E-state index in [-0.39, 0.29) is 42.0 Å². The van der Waals surface area contributed by atoms with E-state index in [4.69, 9.17) is 5.26 Å². The zero-order valence-electron chi connectivity index (χ0n) is 16.0. The third kappa shape index (κ3) is 4.59. The average molecular weight is 411 g/mol. The first kappa shape index (κ1) is 19.9. The van der Waals surface area contributed by atoms with E-state index < -0.39 is 23.8 Å². The molecule has 7 nitrogen and oxygen atoms in total. The number of halogens is 2. The molecular weight excluding hydrogens is 392 g/mol. The number of nitrogens with one attached hydrogen (secondary N) is 1. The summed E-state index contributed by atoms with van der Waals surface area (Å²) >= 11 is 0. The van der Waals surface area contributed by atoms with Crippen molar-refractivity contribution in [1.82, 2.24) is 14.9 Å². The summed E-state index contributed by atoms with van der Waals surface area (Å²) < 4.78 is 27.8. The Labute approximate surface area is 171 Å². The normalized spacial score (nSPS) is 19.6.